The molecule has 0 saturated carbocycles. The summed E-state index contributed by atoms with van der Waals surface area (Å²) in [5.74, 6) is -5.41. The number of fused-ring (bicyclic) bond motifs is 3. The van der Waals surface area contributed by atoms with Gasteiger partial charge in [0.1, 0.15) is 40.0 Å². The number of phenolic OH excluding ortho intramolecular Hbond substituents is 2. The van der Waals surface area contributed by atoms with Crippen molar-refractivity contribution in [3.8, 4) is 17.2 Å². The number of esters is 1. The molecule has 11 nitrogen and oxygen atoms in total. The van der Waals surface area contributed by atoms with Crippen LogP contribution in [0.1, 0.15) is 55.1 Å². The third kappa shape index (κ3) is 3.92. The van der Waals surface area contributed by atoms with Crippen LogP contribution in [0.15, 0.2) is 23.1 Å². The minimum absolute atomic E-state index is 0.0427. The van der Waals surface area contributed by atoms with Gasteiger partial charge in [0.2, 0.25) is 0 Å². The number of carbonyl (C=O) groups is 5. The molecule has 1 aromatic rings. The fraction of sp³-hybridized carbons (Fsp3) is 0.375. The second-order valence-corrected chi connectivity index (χ2v) is 8.54. The second kappa shape index (κ2) is 8.90. The van der Waals surface area contributed by atoms with Crippen molar-refractivity contribution in [1.29, 1.82) is 0 Å². The molecule has 0 radical (unpaired) electrons. The highest BCUT2D eigenvalue weighted by atomic mass is 16.5. The molecule has 0 unspecified atom stereocenters. The molecule has 0 saturated heterocycles. The Hall–Kier alpha value is -4.15. The number of Topliss-reactive ketones (excluding diaryl/α,β-unsaturated/α-hetero) is 2. The average molecular weight is 487 g/mol. The van der Waals surface area contributed by atoms with Crippen LogP contribution in [0.4, 0.5) is 0 Å². The highest BCUT2D eigenvalue weighted by Gasteiger charge is 2.56. The number of ketones is 3. The van der Waals surface area contributed by atoms with Crippen molar-refractivity contribution in [2.24, 2.45) is 0 Å². The summed E-state index contributed by atoms with van der Waals surface area (Å²) < 4.78 is 10.2. The van der Waals surface area contributed by atoms with E-state index in [-0.39, 0.29) is 52.3 Å². The number of aliphatic carboxylic acids is 1. The highest BCUT2D eigenvalue weighted by Crippen LogP contribution is 2.57. The first-order valence-electron chi connectivity index (χ1n) is 10.6. The molecular formula is C24H25NO10. The van der Waals surface area contributed by atoms with Crippen molar-refractivity contribution in [2.45, 2.75) is 52.0 Å². The van der Waals surface area contributed by atoms with Gasteiger partial charge >= 0.3 is 11.9 Å². The first-order chi connectivity index (χ1) is 16.3. The van der Waals surface area contributed by atoms with Crippen LogP contribution in [-0.4, -0.2) is 57.8 Å². The Kier molecular flexibility index (Phi) is 6.47. The van der Waals surface area contributed by atoms with E-state index < -0.39 is 52.2 Å². The molecule has 35 heavy (non-hydrogen) atoms. The van der Waals surface area contributed by atoms with Crippen LogP contribution in [-0.2, 0) is 29.3 Å². The van der Waals surface area contributed by atoms with Crippen molar-refractivity contribution in [3.05, 3.63) is 39.8 Å². The Labute approximate surface area is 200 Å². The van der Waals surface area contributed by atoms with E-state index in [2.05, 4.69) is 10.1 Å². The number of phenols is 2. The number of benzene rings is 1. The number of carbonyl (C=O) groups excluding carboxylic acids is 4. The Morgan fingerprint density at radius 2 is 1.80 bits per heavy atom. The first kappa shape index (κ1) is 25.5. The smallest absolute Gasteiger partial charge is 0.326 e. The van der Waals surface area contributed by atoms with Gasteiger partial charge in [-0.15, -0.1) is 0 Å². The van der Waals surface area contributed by atoms with Gasteiger partial charge in [-0.2, -0.15) is 0 Å². The van der Waals surface area contributed by atoms with Gasteiger partial charge in [-0.25, -0.2) is 4.79 Å². The zero-order chi connectivity index (χ0) is 26.4. The summed E-state index contributed by atoms with van der Waals surface area (Å²) in [7, 11) is 1.17. The van der Waals surface area contributed by atoms with E-state index in [1.54, 1.807) is 0 Å². The minimum atomic E-state index is -1.72. The highest BCUT2D eigenvalue weighted by molar-refractivity contribution is 6.31. The predicted molar refractivity (Wildman–Crippen MR) is 119 cm³/mol. The number of methoxy groups -OCH3 is 1. The molecule has 0 spiro atoms. The van der Waals surface area contributed by atoms with Gasteiger partial charge in [-0.05, 0) is 34.1 Å². The van der Waals surface area contributed by atoms with Crippen LogP contribution >= 0.6 is 0 Å². The Morgan fingerprint density at radius 3 is 2.34 bits per heavy atom. The first-order valence-corrected chi connectivity index (χ1v) is 10.6. The van der Waals surface area contributed by atoms with Crippen LogP contribution in [0.5, 0.6) is 17.2 Å². The van der Waals surface area contributed by atoms with E-state index in [1.165, 1.54) is 34.8 Å². The largest absolute Gasteiger partial charge is 0.507 e. The number of ether oxygens (including phenoxy) is 2. The summed E-state index contributed by atoms with van der Waals surface area (Å²) in [5, 5.41) is 33.4. The van der Waals surface area contributed by atoms with Gasteiger partial charge in [0, 0.05) is 23.8 Å². The molecule has 2 atom stereocenters. The van der Waals surface area contributed by atoms with Crippen molar-refractivity contribution in [3.63, 3.8) is 0 Å². The molecule has 11 heteroatoms. The quantitative estimate of drug-likeness (QED) is 0.190. The van der Waals surface area contributed by atoms with Crippen molar-refractivity contribution in [2.75, 3.05) is 7.11 Å². The Balaban J connectivity index is 2.13. The number of rotatable bonds is 7. The molecular weight excluding hydrogens is 462 g/mol. The summed E-state index contributed by atoms with van der Waals surface area (Å²) in [4.78, 5) is 62.0. The lowest BCUT2D eigenvalue weighted by molar-refractivity contribution is -0.142. The van der Waals surface area contributed by atoms with Gasteiger partial charge in [0.15, 0.2) is 17.3 Å². The number of aromatic hydroxyl groups is 2. The molecule has 0 fully saturated rings. The lowest BCUT2D eigenvalue weighted by Gasteiger charge is -2.29. The molecule has 186 valence electrons. The summed E-state index contributed by atoms with van der Waals surface area (Å²) in [6.07, 6.45) is 0.654. The topological polar surface area (TPSA) is 177 Å². The van der Waals surface area contributed by atoms with Gasteiger partial charge in [-0.3, -0.25) is 19.2 Å². The Bertz CT molecular complexity index is 1260. The molecule has 1 aliphatic heterocycles. The van der Waals surface area contributed by atoms with E-state index in [9.17, 15) is 39.3 Å². The van der Waals surface area contributed by atoms with Gasteiger partial charge < -0.3 is 30.1 Å². The summed E-state index contributed by atoms with van der Waals surface area (Å²) >= 11 is 0. The van der Waals surface area contributed by atoms with Crippen LogP contribution < -0.4 is 10.1 Å². The molecule has 1 aliphatic carbocycles. The van der Waals surface area contributed by atoms with Crippen LogP contribution in [0.25, 0.3) is 0 Å². The molecule has 0 bridgehead atoms. The van der Waals surface area contributed by atoms with E-state index in [4.69, 9.17) is 4.74 Å². The van der Waals surface area contributed by atoms with Crippen LogP contribution in [0.3, 0.4) is 0 Å². The molecule has 0 aromatic heterocycles. The van der Waals surface area contributed by atoms with Crippen LogP contribution in [0.2, 0.25) is 0 Å². The summed E-state index contributed by atoms with van der Waals surface area (Å²) in [6.45, 7) is 5.30. The predicted octanol–water partition coefficient (Wildman–Crippen LogP) is 1.56. The van der Waals surface area contributed by atoms with E-state index in [1.807, 2.05) is 0 Å². The van der Waals surface area contributed by atoms with E-state index in [0.717, 1.165) is 6.08 Å². The van der Waals surface area contributed by atoms with Crippen molar-refractivity contribution in [1.82, 2.24) is 5.32 Å². The molecule has 4 N–H and O–H groups in total. The minimum Gasteiger partial charge on any atom is -0.507 e. The Morgan fingerprint density at radius 1 is 1.17 bits per heavy atom. The average Bonchev–Trinajstić information content (AvgIpc) is 3.07. The van der Waals surface area contributed by atoms with Crippen molar-refractivity contribution < 1.29 is 48.8 Å². The number of carboxylic acid groups (broad SMARTS) is 1. The molecule has 1 aromatic carbocycles. The number of hydrogen-bond donors (Lipinski definition) is 4. The monoisotopic (exact) mass is 487 g/mol. The maximum absolute atomic E-state index is 13.7. The number of nitrogens with one attached hydrogen (secondary N) is 1. The fourth-order valence-electron chi connectivity index (χ4n) is 4.32. The van der Waals surface area contributed by atoms with E-state index >= 15 is 0 Å². The number of carboxylic acids is 1. The molecule has 1 heterocycles. The standard InChI is InChI=1S/C24H25NO10/c1-9-19(29)17(11(3)26)21-18(20(9)30)24(4)14(35-21)8-13(27)16(22(24)31)10(2)25-12(23(32)33)6-7-15(28)34-5/h8,12,25,29-30H,6-7H2,1-5H3,(H,32,33)/b16-10-/t12-,24-/m0/s1. The normalized spacial score (nSPS) is 20.8. The molecule has 3 rings (SSSR count). The van der Waals surface area contributed by atoms with E-state index in [0.29, 0.717) is 0 Å². The van der Waals surface area contributed by atoms with Gasteiger partial charge in [0.05, 0.1) is 18.2 Å². The fourth-order valence-corrected chi connectivity index (χ4v) is 4.32. The zero-order valence-electron chi connectivity index (χ0n) is 19.8. The molecule has 2 aliphatic rings. The maximum atomic E-state index is 13.7. The van der Waals surface area contributed by atoms with Gasteiger partial charge in [-0.1, -0.05) is 0 Å². The SMILES string of the molecule is COC(=O)CC[C@H](N/C(C)=C1/C(=O)C=C2Oc3c(C(C)=O)c(O)c(C)c(O)c3[C@@]2(C)C1=O)C(=O)O. The number of allylic oxidation sites excluding steroid dienone is 4. The summed E-state index contributed by atoms with van der Waals surface area (Å²) in [6, 6.07) is -1.30. The van der Waals surface area contributed by atoms with Crippen LogP contribution in [0, 0.1) is 6.92 Å². The summed E-state index contributed by atoms with van der Waals surface area (Å²) in [5.41, 5.74) is -2.50. The lowest BCUT2D eigenvalue weighted by atomic mass is 9.70. The zero-order valence-corrected chi connectivity index (χ0v) is 19.8. The molecule has 0 amide bonds. The number of hydrogen-bond acceptors (Lipinski definition) is 10. The van der Waals surface area contributed by atoms with Crippen molar-refractivity contribution >= 4 is 29.3 Å². The lowest BCUT2D eigenvalue weighted by Crippen LogP contribution is -2.43. The van der Waals surface area contributed by atoms with Gasteiger partial charge in [0.25, 0.3) is 0 Å². The second-order valence-electron chi connectivity index (χ2n) is 8.54. The third-order valence-electron chi connectivity index (χ3n) is 6.31. The maximum Gasteiger partial charge on any atom is 0.326 e. The third-order valence-corrected chi connectivity index (χ3v) is 6.31.